The molecule has 27 heavy (non-hydrogen) atoms. The fraction of sp³-hybridized carbons (Fsp3) is 0.160. The number of hydrogen-bond acceptors (Lipinski definition) is 1. The predicted octanol–water partition coefficient (Wildman–Crippen LogP) is 6.31. The van der Waals surface area contributed by atoms with Crippen LogP contribution in [0.25, 0.3) is 17.1 Å². The van der Waals surface area contributed by atoms with Crippen molar-refractivity contribution in [2.45, 2.75) is 26.7 Å². The number of hydrogen-bond donors (Lipinski definition) is 0. The van der Waals surface area contributed by atoms with Gasteiger partial charge in [0.25, 0.3) is 0 Å². The summed E-state index contributed by atoms with van der Waals surface area (Å²) in [5.41, 5.74) is 7.56. The Bertz CT molecular complexity index is 1050. The molecule has 0 aliphatic carbocycles. The molecule has 0 radical (unpaired) electrons. The Balaban J connectivity index is 1.92. The molecule has 3 aromatic carbocycles. The summed E-state index contributed by atoms with van der Waals surface area (Å²) in [5, 5.41) is 0. The molecule has 0 saturated heterocycles. The summed E-state index contributed by atoms with van der Waals surface area (Å²) in [6.07, 6.45) is 3.96. The van der Waals surface area contributed by atoms with Crippen LogP contribution in [0, 0.1) is 13.8 Å². The quantitative estimate of drug-likeness (QED) is 0.421. The van der Waals surface area contributed by atoms with Crippen molar-refractivity contribution in [2.75, 3.05) is 0 Å². The minimum absolute atomic E-state index is 0.297. The Morgan fingerprint density at radius 1 is 0.852 bits per heavy atom. The lowest BCUT2D eigenvalue weighted by Gasteiger charge is -2.22. The number of imidazole rings is 1. The summed E-state index contributed by atoms with van der Waals surface area (Å²) in [6, 6.07) is 25.7. The molecule has 0 saturated carbocycles. The summed E-state index contributed by atoms with van der Waals surface area (Å²) in [7, 11) is 0. The number of benzene rings is 3. The first-order chi connectivity index (χ1) is 13.1. The third kappa shape index (κ3) is 3.31. The number of rotatable bonds is 4. The van der Waals surface area contributed by atoms with Gasteiger partial charge in [0.05, 0.1) is 5.69 Å². The lowest BCUT2D eigenvalue weighted by atomic mass is 9.89. The molecule has 0 aliphatic heterocycles. The maximum absolute atomic E-state index is 4.66. The van der Waals surface area contributed by atoms with E-state index in [-0.39, 0.29) is 0 Å². The van der Waals surface area contributed by atoms with Gasteiger partial charge in [0.1, 0.15) is 5.82 Å². The maximum atomic E-state index is 4.66. The van der Waals surface area contributed by atoms with Crippen molar-refractivity contribution in [3.63, 3.8) is 0 Å². The molecule has 1 heterocycles. The summed E-state index contributed by atoms with van der Waals surface area (Å²) >= 11 is 0. The Morgan fingerprint density at radius 2 is 1.52 bits per heavy atom. The van der Waals surface area contributed by atoms with Crippen LogP contribution in [0.1, 0.15) is 35.1 Å². The molecule has 0 bridgehead atoms. The van der Waals surface area contributed by atoms with Gasteiger partial charge in [0.15, 0.2) is 0 Å². The molecule has 1 unspecified atom stereocenters. The molecular formula is C25H24N2. The topological polar surface area (TPSA) is 17.8 Å². The molecule has 0 spiro atoms. The van der Waals surface area contributed by atoms with Crippen LogP contribution in [0.3, 0.4) is 0 Å². The lowest BCUT2D eigenvalue weighted by Crippen LogP contribution is -2.08. The smallest absolute Gasteiger partial charge is 0.144 e. The van der Waals surface area contributed by atoms with Gasteiger partial charge in [-0.2, -0.15) is 0 Å². The van der Waals surface area contributed by atoms with E-state index in [2.05, 4.69) is 103 Å². The second-order valence-electron chi connectivity index (χ2n) is 7.14. The minimum atomic E-state index is 0.297. The Morgan fingerprint density at radius 3 is 2.22 bits per heavy atom. The van der Waals surface area contributed by atoms with E-state index in [1.807, 2.05) is 12.3 Å². The van der Waals surface area contributed by atoms with Crippen LogP contribution < -0.4 is 0 Å². The number of nitrogens with zero attached hydrogens (tertiary/aromatic N) is 2. The van der Waals surface area contributed by atoms with Crippen molar-refractivity contribution in [3.05, 3.63) is 107 Å². The maximum Gasteiger partial charge on any atom is 0.144 e. The van der Waals surface area contributed by atoms with Crippen LogP contribution in [0.4, 0.5) is 0 Å². The van der Waals surface area contributed by atoms with Gasteiger partial charge in [-0.15, -0.1) is 0 Å². The van der Waals surface area contributed by atoms with E-state index >= 15 is 0 Å². The predicted molar refractivity (Wildman–Crippen MR) is 112 cm³/mol. The molecule has 1 aromatic heterocycles. The van der Waals surface area contributed by atoms with Crippen molar-refractivity contribution < 1.29 is 0 Å². The first-order valence-electron chi connectivity index (χ1n) is 9.40. The first-order valence-corrected chi connectivity index (χ1v) is 9.40. The van der Waals surface area contributed by atoms with Crippen LogP contribution in [0.15, 0.2) is 85.2 Å². The van der Waals surface area contributed by atoms with Crippen molar-refractivity contribution >= 4 is 0 Å². The zero-order valence-electron chi connectivity index (χ0n) is 16.1. The van der Waals surface area contributed by atoms with Crippen LogP contribution in [-0.2, 0) is 0 Å². The highest BCUT2D eigenvalue weighted by molar-refractivity contribution is 5.62. The molecule has 4 rings (SSSR count). The van der Waals surface area contributed by atoms with Gasteiger partial charge >= 0.3 is 0 Å². The van der Waals surface area contributed by atoms with Crippen LogP contribution in [0.2, 0.25) is 0 Å². The fourth-order valence-corrected chi connectivity index (χ4v) is 3.86. The monoisotopic (exact) mass is 352 g/mol. The van der Waals surface area contributed by atoms with Gasteiger partial charge in [-0.1, -0.05) is 85.3 Å². The lowest BCUT2D eigenvalue weighted by molar-refractivity contribution is 0.886. The van der Waals surface area contributed by atoms with E-state index in [1.54, 1.807) is 0 Å². The van der Waals surface area contributed by atoms with Crippen molar-refractivity contribution in [1.82, 2.24) is 9.55 Å². The average molecular weight is 352 g/mol. The second-order valence-corrected chi connectivity index (χ2v) is 7.14. The van der Waals surface area contributed by atoms with E-state index in [1.165, 1.54) is 27.9 Å². The normalized spacial score (nSPS) is 12.1. The summed E-state index contributed by atoms with van der Waals surface area (Å²) in [6.45, 7) is 6.65. The molecule has 0 fully saturated rings. The summed E-state index contributed by atoms with van der Waals surface area (Å²) < 4.78 is 2.24. The third-order valence-electron chi connectivity index (χ3n) is 5.15. The molecule has 0 N–H and O–H groups in total. The van der Waals surface area contributed by atoms with Gasteiger partial charge in [-0.3, -0.25) is 4.57 Å². The van der Waals surface area contributed by atoms with Crippen molar-refractivity contribution in [3.8, 4) is 17.1 Å². The summed E-state index contributed by atoms with van der Waals surface area (Å²) in [5.74, 6) is 1.27. The number of aryl methyl sites for hydroxylation is 2. The highest BCUT2D eigenvalue weighted by Gasteiger charge is 2.19. The van der Waals surface area contributed by atoms with E-state index in [4.69, 9.17) is 0 Å². The van der Waals surface area contributed by atoms with E-state index < -0.39 is 0 Å². The van der Waals surface area contributed by atoms with E-state index in [9.17, 15) is 0 Å². The first kappa shape index (κ1) is 17.3. The van der Waals surface area contributed by atoms with Gasteiger partial charge in [0, 0.05) is 23.9 Å². The molecule has 0 amide bonds. The molecule has 4 aromatic rings. The highest BCUT2D eigenvalue weighted by Crippen LogP contribution is 2.34. The van der Waals surface area contributed by atoms with Crippen LogP contribution >= 0.6 is 0 Å². The largest absolute Gasteiger partial charge is 0.299 e. The average Bonchev–Trinajstić information content (AvgIpc) is 3.17. The zero-order valence-corrected chi connectivity index (χ0v) is 16.1. The van der Waals surface area contributed by atoms with Gasteiger partial charge < -0.3 is 0 Å². The fourth-order valence-electron chi connectivity index (χ4n) is 3.86. The molecule has 1 atom stereocenters. The molecule has 0 aliphatic rings. The van der Waals surface area contributed by atoms with Crippen LogP contribution in [-0.4, -0.2) is 9.55 Å². The molecular weight excluding hydrogens is 328 g/mol. The highest BCUT2D eigenvalue weighted by atomic mass is 15.1. The minimum Gasteiger partial charge on any atom is -0.299 e. The van der Waals surface area contributed by atoms with E-state index in [0.29, 0.717) is 5.92 Å². The van der Waals surface area contributed by atoms with Gasteiger partial charge in [-0.25, -0.2) is 4.98 Å². The molecule has 134 valence electrons. The van der Waals surface area contributed by atoms with Crippen molar-refractivity contribution in [2.24, 2.45) is 0 Å². The Hall–Kier alpha value is -3.13. The van der Waals surface area contributed by atoms with Gasteiger partial charge in [0.2, 0.25) is 0 Å². The number of aromatic nitrogens is 2. The van der Waals surface area contributed by atoms with Crippen LogP contribution in [0.5, 0.6) is 0 Å². The SMILES string of the molecule is Cc1cc(C)c(-n2ccnc2-c2ccccc2)c(C(C)c2ccccc2)c1. The van der Waals surface area contributed by atoms with Crippen molar-refractivity contribution in [1.29, 1.82) is 0 Å². The zero-order chi connectivity index (χ0) is 18.8. The Labute approximate surface area is 161 Å². The Kier molecular flexibility index (Phi) is 4.64. The summed E-state index contributed by atoms with van der Waals surface area (Å²) in [4.78, 5) is 4.66. The second kappa shape index (κ2) is 7.24. The molecule has 2 heteroatoms. The standard InChI is InChI=1S/C25H24N2/c1-18-16-19(2)24(23(17-18)20(3)21-10-6-4-7-11-21)27-15-14-26-25(27)22-12-8-5-9-13-22/h4-17,20H,1-3H3. The molecule has 2 nitrogen and oxygen atoms in total. The van der Waals surface area contributed by atoms with Gasteiger partial charge in [-0.05, 0) is 30.5 Å². The van der Waals surface area contributed by atoms with E-state index in [0.717, 1.165) is 11.4 Å². The third-order valence-corrected chi connectivity index (χ3v) is 5.15.